The molecule has 35 heavy (non-hydrogen) atoms. The fourth-order valence-electron chi connectivity index (χ4n) is 5.52. The van der Waals surface area contributed by atoms with Gasteiger partial charge in [-0.1, -0.05) is 52.8 Å². The third-order valence-corrected chi connectivity index (χ3v) is 9.61. The molecule has 1 aromatic heterocycles. The molecule has 1 saturated carbocycles. The number of benzene rings is 1. The summed E-state index contributed by atoms with van der Waals surface area (Å²) >= 11 is 3.48. The highest BCUT2D eigenvalue weighted by Gasteiger charge is 2.43. The Morgan fingerprint density at radius 2 is 1.77 bits per heavy atom. The van der Waals surface area contributed by atoms with E-state index in [-0.39, 0.29) is 29.5 Å². The summed E-state index contributed by atoms with van der Waals surface area (Å²) in [6.45, 7) is 14.4. The molecule has 1 aliphatic carbocycles. The van der Waals surface area contributed by atoms with Crippen molar-refractivity contribution in [1.29, 1.82) is 0 Å². The van der Waals surface area contributed by atoms with E-state index in [9.17, 15) is 9.59 Å². The summed E-state index contributed by atoms with van der Waals surface area (Å²) in [5, 5.41) is 7.93. The fraction of sp³-hybridized carbons (Fsp3) is 0.593. The first-order valence-electron chi connectivity index (χ1n) is 12.7. The molecular weight excluding hydrogens is 506 g/mol. The summed E-state index contributed by atoms with van der Waals surface area (Å²) in [5.74, 6) is 1.51. The second kappa shape index (κ2) is 10.3. The molecule has 0 spiro atoms. The van der Waals surface area contributed by atoms with E-state index in [4.69, 9.17) is 0 Å². The topological polar surface area (TPSA) is 70.5 Å². The number of nitrogens with zero attached hydrogens (tertiary/aromatic N) is 4. The van der Waals surface area contributed by atoms with Crippen LogP contribution < -0.4 is 15.8 Å². The summed E-state index contributed by atoms with van der Waals surface area (Å²) in [7, 11) is 0. The van der Waals surface area contributed by atoms with Crippen LogP contribution in [0.1, 0.15) is 41.0 Å². The maximum absolute atomic E-state index is 13.0. The van der Waals surface area contributed by atoms with Crippen molar-refractivity contribution in [3.8, 4) is 0 Å². The van der Waals surface area contributed by atoms with Gasteiger partial charge in [0.05, 0.1) is 11.9 Å². The predicted molar refractivity (Wildman–Crippen MR) is 145 cm³/mol. The van der Waals surface area contributed by atoms with E-state index in [2.05, 4.69) is 78.0 Å². The van der Waals surface area contributed by atoms with Crippen molar-refractivity contribution in [2.45, 2.75) is 53.6 Å². The van der Waals surface area contributed by atoms with Crippen LogP contribution in [-0.4, -0.2) is 52.8 Å². The van der Waals surface area contributed by atoms with Gasteiger partial charge in [0.25, 0.3) is 5.56 Å². The summed E-state index contributed by atoms with van der Waals surface area (Å²) in [6.07, 6.45) is 2.72. The normalized spacial score (nSPS) is 26.5. The minimum Gasteiger partial charge on any atom is -0.380 e. The van der Waals surface area contributed by atoms with Crippen LogP contribution in [0, 0.1) is 23.2 Å². The SMILES string of the molecule is C[C@@H]1[C@@H](C)C(C)(C)[C@@H](C)C[C@H]1Nc1cnn(CC(=O)N2CCN(c3ccccc3)CC2)c(=O)c1Br. The highest BCUT2D eigenvalue weighted by molar-refractivity contribution is 9.10. The second-order valence-corrected chi connectivity index (χ2v) is 11.7. The van der Waals surface area contributed by atoms with Crippen LogP contribution in [0.25, 0.3) is 0 Å². The second-order valence-electron chi connectivity index (χ2n) is 10.9. The van der Waals surface area contributed by atoms with Gasteiger partial charge < -0.3 is 15.1 Å². The Labute approximate surface area is 217 Å². The minimum absolute atomic E-state index is 0.0505. The lowest BCUT2D eigenvalue weighted by atomic mass is 9.58. The summed E-state index contributed by atoms with van der Waals surface area (Å²) in [6, 6.07) is 10.5. The number of rotatable bonds is 5. The van der Waals surface area contributed by atoms with Crippen LogP contribution in [0.5, 0.6) is 0 Å². The lowest BCUT2D eigenvalue weighted by Gasteiger charge is -2.50. The van der Waals surface area contributed by atoms with E-state index in [0.29, 0.717) is 41.0 Å². The van der Waals surface area contributed by atoms with Crippen LogP contribution in [0.3, 0.4) is 0 Å². The molecule has 7 nitrogen and oxygen atoms in total. The molecule has 4 rings (SSSR count). The Kier molecular flexibility index (Phi) is 7.60. The molecule has 190 valence electrons. The number of carbonyl (C=O) groups is 1. The van der Waals surface area contributed by atoms with Crippen molar-refractivity contribution < 1.29 is 4.79 Å². The van der Waals surface area contributed by atoms with Crippen molar-refractivity contribution in [1.82, 2.24) is 14.7 Å². The van der Waals surface area contributed by atoms with E-state index in [1.54, 1.807) is 6.20 Å². The Hall–Kier alpha value is -2.35. The Balaban J connectivity index is 1.38. The zero-order valence-electron chi connectivity index (χ0n) is 21.5. The smallest absolute Gasteiger partial charge is 0.283 e. The molecule has 1 aromatic carbocycles. The van der Waals surface area contributed by atoms with Crippen LogP contribution in [0.2, 0.25) is 0 Å². The van der Waals surface area contributed by atoms with Gasteiger partial charge in [0, 0.05) is 37.9 Å². The van der Waals surface area contributed by atoms with Gasteiger partial charge in [-0.2, -0.15) is 5.10 Å². The van der Waals surface area contributed by atoms with E-state index in [0.717, 1.165) is 19.5 Å². The van der Waals surface area contributed by atoms with E-state index in [1.807, 2.05) is 23.1 Å². The van der Waals surface area contributed by atoms with Gasteiger partial charge in [0.15, 0.2) is 0 Å². The minimum atomic E-state index is -0.281. The summed E-state index contributed by atoms with van der Waals surface area (Å²) in [4.78, 5) is 30.1. The maximum Gasteiger partial charge on any atom is 0.283 e. The third kappa shape index (κ3) is 5.27. The van der Waals surface area contributed by atoms with E-state index >= 15 is 0 Å². The van der Waals surface area contributed by atoms with Crippen LogP contribution in [0.4, 0.5) is 11.4 Å². The molecule has 0 bridgehead atoms. The largest absolute Gasteiger partial charge is 0.380 e. The van der Waals surface area contributed by atoms with Gasteiger partial charge in [-0.05, 0) is 57.7 Å². The highest BCUT2D eigenvalue weighted by atomic mass is 79.9. The van der Waals surface area contributed by atoms with Crippen LogP contribution >= 0.6 is 15.9 Å². The molecule has 2 aliphatic rings. The zero-order valence-corrected chi connectivity index (χ0v) is 23.1. The Morgan fingerprint density at radius 3 is 2.43 bits per heavy atom. The van der Waals surface area contributed by atoms with Crippen molar-refractivity contribution in [2.24, 2.45) is 23.2 Å². The lowest BCUT2D eigenvalue weighted by molar-refractivity contribution is -0.132. The number of amides is 1. The van der Waals surface area contributed by atoms with Gasteiger partial charge in [0.1, 0.15) is 11.0 Å². The number of para-hydroxylation sites is 1. The van der Waals surface area contributed by atoms with Crippen molar-refractivity contribution in [2.75, 3.05) is 36.4 Å². The predicted octanol–water partition coefficient (Wildman–Crippen LogP) is 4.47. The Morgan fingerprint density at radius 1 is 1.11 bits per heavy atom. The molecule has 4 atom stereocenters. The van der Waals surface area contributed by atoms with Crippen LogP contribution in [0.15, 0.2) is 45.8 Å². The summed E-state index contributed by atoms with van der Waals surface area (Å²) < 4.78 is 1.70. The van der Waals surface area contributed by atoms with Crippen molar-refractivity contribution in [3.05, 3.63) is 51.4 Å². The first-order chi connectivity index (χ1) is 16.6. The number of hydrogen-bond acceptors (Lipinski definition) is 5. The van der Waals surface area contributed by atoms with Crippen LogP contribution in [-0.2, 0) is 11.3 Å². The molecule has 1 amide bonds. The standard InChI is InChI=1S/C27H38BrN5O2/c1-18-15-22(19(2)20(3)27(18,4)5)30-23-16-29-33(26(35)25(23)28)17-24(34)32-13-11-31(12-14-32)21-9-7-6-8-10-21/h6-10,16,18-20,22,30H,11-15,17H2,1-5H3/t18-,19+,20+,22+/m0/s1. The number of carbonyl (C=O) groups excluding carboxylic acids is 1. The number of anilines is 2. The number of piperazine rings is 1. The molecule has 2 heterocycles. The molecule has 1 N–H and O–H groups in total. The zero-order chi connectivity index (χ0) is 25.3. The fourth-order valence-corrected chi connectivity index (χ4v) is 5.95. The monoisotopic (exact) mass is 543 g/mol. The first kappa shape index (κ1) is 25.7. The van der Waals surface area contributed by atoms with Gasteiger partial charge in [-0.15, -0.1) is 0 Å². The van der Waals surface area contributed by atoms with Gasteiger partial charge in [-0.3, -0.25) is 9.59 Å². The van der Waals surface area contributed by atoms with E-state index < -0.39 is 0 Å². The van der Waals surface area contributed by atoms with Crippen molar-refractivity contribution >= 4 is 33.2 Å². The molecule has 1 aliphatic heterocycles. The van der Waals surface area contributed by atoms with E-state index in [1.165, 1.54) is 10.4 Å². The molecule has 8 heteroatoms. The molecule has 2 fully saturated rings. The molecular formula is C27H38BrN5O2. The quantitative estimate of drug-likeness (QED) is 0.602. The van der Waals surface area contributed by atoms with Gasteiger partial charge in [0.2, 0.25) is 5.91 Å². The van der Waals surface area contributed by atoms with Gasteiger partial charge >= 0.3 is 0 Å². The average molecular weight is 545 g/mol. The van der Waals surface area contributed by atoms with Gasteiger partial charge in [-0.25, -0.2) is 4.68 Å². The lowest BCUT2D eigenvalue weighted by Crippen LogP contribution is -2.50. The Bertz CT molecular complexity index is 1090. The average Bonchev–Trinajstić information content (AvgIpc) is 2.86. The molecule has 0 radical (unpaired) electrons. The summed E-state index contributed by atoms with van der Waals surface area (Å²) in [5.41, 5.74) is 1.87. The maximum atomic E-state index is 13.0. The first-order valence-corrected chi connectivity index (χ1v) is 13.5. The number of hydrogen-bond donors (Lipinski definition) is 1. The van der Waals surface area contributed by atoms with Crippen molar-refractivity contribution in [3.63, 3.8) is 0 Å². The number of nitrogens with one attached hydrogen (secondary N) is 1. The molecule has 0 unspecified atom stereocenters. The third-order valence-electron chi connectivity index (χ3n) is 8.84. The molecule has 1 saturated heterocycles. The molecule has 2 aromatic rings. The number of aromatic nitrogens is 2. The number of halogens is 1. The highest BCUT2D eigenvalue weighted by Crippen LogP contribution is 2.48.